The molecule has 0 spiro atoms. The third kappa shape index (κ3) is 2.50. The third-order valence-electron chi connectivity index (χ3n) is 2.58. The fourth-order valence-corrected chi connectivity index (χ4v) is 1.77. The van der Waals surface area contributed by atoms with Crippen LogP contribution in [0.15, 0.2) is 42.5 Å². The first-order valence-corrected chi connectivity index (χ1v) is 5.40. The molecule has 88 valence electrons. The van der Waals surface area contributed by atoms with E-state index < -0.39 is 11.6 Å². The van der Waals surface area contributed by atoms with Gasteiger partial charge in [-0.2, -0.15) is 0 Å². The van der Waals surface area contributed by atoms with Crippen LogP contribution in [0, 0.1) is 11.6 Å². The summed E-state index contributed by atoms with van der Waals surface area (Å²) in [4.78, 5) is 0. The molecule has 0 saturated heterocycles. The molecular formula is C14H13F2N. The molecule has 2 rings (SSSR count). The molecule has 3 heteroatoms. The molecule has 17 heavy (non-hydrogen) atoms. The number of rotatable bonds is 3. The van der Waals surface area contributed by atoms with Gasteiger partial charge in [-0.3, -0.25) is 0 Å². The van der Waals surface area contributed by atoms with E-state index in [9.17, 15) is 8.78 Å². The number of nitrogens with one attached hydrogen (secondary N) is 1. The summed E-state index contributed by atoms with van der Waals surface area (Å²) in [7, 11) is 1.79. The van der Waals surface area contributed by atoms with Gasteiger partial charge < -0.3 is 5.32 Å². The van der Waals surface area contributed by atoms with Gasteiger partial charge in [0.25, 0.3) is 0 Å². The van der Waals surface area contributed by atoms with Crippen molar-refractivity contribution in [1.29, 1.82) is 0 Å². The van der Waals surface area contributed by atoms with Crippen LogP contribution in [0.25, 0.3) is 11.1 Å². The van der Waals surface area contributed by atoms with Crippen molar-refractivity contribution in [3.63, 3.8) is 0 Å². The Balaban J connectivity index is 2.44. The van der Waals surface area contributed by atoms with Crippen molar-refractivity contribution in [3.8, 4) is 11.1 Å². The topological polar surface area (TPSA) is 12.0 Å². The molecule has 1 N–H and O–H groups in total. The summed E-state index contributed by atoms with van der Waals surface area (Å²) >= 11 is 0. The summed E-state index contributed by atoms with van der Waals surface area (Å²) < 4.78 is 27.4. The minimum Gasteiger partial charge on any atom is -0.316 e. The van der Waals surface area contributed by atoms with Gasteiger partial charge >= 0.3 is 0 Å². The Labute approximate surface area is 99.1 Å². The van der Waals surface area contributed by atoms with E-state index >= 15 is 0 Å². The molecule has 0 amide bonds. The number of halogens is 2. The van der Waals surface area contributed by atoms with Gasteiger partial charge in [-0.1, -0.05) is 30.3 Å². The minimum absolute atomic E-state index is 0.293. The van der Waals surface area contributed by atoms with E-state index in [-0.39, 0.29) is 0 Å². The number of hydrogen-bond donors (Lipinski definition) is 1. The highest BCUT2D eigenvalue weighted by molar-refractivity contribution is 5.65. The van der Waals surface area contributed by atoms with Crippen LogP contribution in [-0.4, -0.2) is 7.05 Å². The molecule has 0 aliphatic carbocycles. The van der Waals surface area contributed by atoms with E-state index in [0.717, 1.165) is 5.56 Å². The molecule has 0 radical (unpaired) electrons. The summed E-state index contributed by atoms with van der Waals surface area (Å²) in [5.41, 5.74) is 1.43. The molecule has 0 unspecified atom stereocenters. The smallest absolute Gasteiger partial charge is 0.131 e. The van der Waals surface area contributed by atoms with Crippen LogP contribution in [0.2, 0.25) is 0 Å². The predicted molar refractivity (Wildman–Crippen MR) is 64.6 cm³/mol. The second-order valence-electron chi connectivity index (χ2n) is 3.82. The predicted octanol–water partition coefficient (Wildman–Crippen LogP) is 3.35. The van der Waals surface area contributed by atoms with Crippen molar-refractivity contribution >= 4 is 0 Å². The van der Waals surface area contributed by atoms with Gasteiger partial charge in [0, 0.05) is 17.7 Å². The van der Waals surface area contributed by atoms with Crippen molar-refractivity contribution in [1.82, 2.24) is 5.32 Å². The van der Waals surface area contributed by atoms with Crippen molar-refractivity contribution in [3.05, 3.63) is 59.7 Å². The van der Waals surface area contributed by atoms with E-state index in [1.165, 1.54) is 12.1 Å². The molecule has 0 aliphatic heterocycles. The fourth-order valence-electron chi connectivity index (χ4n) is 1.77. The van der Waals surface area contributed by atoms with E-state index in [4.69, 9.17) is 0 Å². The van der Waals surface area contributed by atoms with Crippen LogP contribution in [0.5, 0.6) is 0 Å². The number of hydrogen-bond acceptors (Lipinski definition) is 1. The maximum absolute atomic E-state index is 13.8. The SMILES string of the molecule is CNCc1ccc(-c2ccccc2F)c(F)c1. The van der Waals surface area contributed by atoms with E-state index in [0.29, 0.717) is 17.7 Å². The highest BCUT2D eigenvalue weighted by atomic mass is 19.1. The second-order valence-corrected chi connectivity index (χ2v) is 3.82. The molecule has 1 nitrogen and oxygen atoms in total. The molecule has 2 aromatic carbocycles. The Bertz CT molecular complexity index is 523. The van der Waals surface area contributed by atoms with E-state index in [2.05, 4.69) is 5.32 Å². The molecule has 2 aromatic rings. The van der Waals surface area contributed by atoms with Crippen LogP contribution >= 0.6 is 0 Å². The van der Waals surface area contributed by atoms with Crippen LogP contribution in [-0.2, 0) is 6.54 Å². The van der Waals surface area contributed by atoms with Gasteiger partial charge in [-0.25, -0.2) is 8.78 Å². The molecular weight excluding hydrogens is 220 g/mol. The summed E-state index contributed by atoms with van der Waals surface area (Å²) in [5, 5.41) is 2.94. The van der Waals surface area contributed by atoms with Crippen LogP contribution in [0.1, 0.15) is 5.56 Å². The lowest BCUT2D eigenvalue weighted by Crippen LogP contribution is -2.05. The lowest BCUT2D eigenvalue weighted by Gasteiger charge is -2.07. The highest BCUT2D eigenvalue weighted by Gasteiger charge is 2.09. The first kappa shape index (κ1) is 11.7. The van der Waals surface area contributed by atoms with Crippen molar-refractivity contribution in [2.75, 3.05) is 7.05 Å². The normalized spacial score (nSPS) is 10.5. The standard InChI is InChI=1S/C14H13F2N/c1-17-9-10-6-7-12(14(16)8-10)11-4-2-3-5-13(11)15/h2-8,17H,9H2,1H3. The van der Waals surface area contributed by atoms with Gasteiger partial charge in [-0.05, 0) is 24.7 Å². The lowest BCUT2D eigenvalue weighted by molar-refractivity contribution is 0.614. The second kappa shape index (κ2) is 5.06. The van der Waals surface area contributed by atoms with Crippen molar-refractivity contribution in [2.45, 2.75) is 6.54 Å². The van der Waals surface area contributed by atoms with Gasteiger partial charge in [0.05, 0.1) is 0 Å². The minimum atomic E-state index is -0.409. The van der Waals surface area contributed by atoms with E-state index in [1.807, 2.05) is 0 Å². The summed E-state index contributed by atoms with van der Waals surface area (Å²) in [6.07, 6.45) is 0. The molecule has 0 bridgehead atoms. The monoisotopic (exact) mass is 233 g/mol. The first-order valence-electron chi connectivity index (χ1n) is 5.40. The fraction of sp³-hybridized carbons (Fsp3) is 0.143. The van der Waals surface area contributed by atoms with Crippen molar-refractivity contribution < 1.29 is 8.78 Å². The highest BCUT2D eigenvalue weighted by Crippen LogP contribution is 2.25. The van der Waals surface area contributed by atoms with Crippen LogP contribution < -0.4 is 5.32 Å². The summed E-state index contributed by atoms with van der Waals surface area (Å²) in [6, 6.07) is 11.0. The van der Waals surface area contributed by atoms with Crippen LogP contribution in [0.4, 0.5) is 8.78 Å². The molecule has 0 fully saturated rings. The zero-order valence-electron chi connectivity index (χ0n) is 9.50. The molecule has 0 saturated carbocycles. The zero-order valence-corrected chi connectivity index (χ0v) is 9.50. The average Bonchev–Trinajstić information content (AvgIpc) is 2.31. The molecule has 0 heterocycles. The quantitative estimate of drug-likeness (QED) is 0.857. The third-order valence-corrected chi connectivity index (χ3v) is 2.58. The van der Waals surface area contributed by atoms with Gasteiger partial charge in [0.15, 0.2) is 0 Å². The largest absolute Gasteiger partial charge is 0.316 e. The van der Waals surface area contributed by atoms with Gasteiger partial charge in [-0.15, -0.1) is 0 Å². The lowest BCUT2D eigenvalue weighted by atomic mass is 10.0. The molecule has 0 aliphatic rings. The maximum Gasteiger partial charge on any atom is 0.131 e. The number of benzene rings is 2. The first-order chi connectivity index (χ1) is 8.22. The Morgan fingerprint density at radius 1 is 0.941 bits per heavy atom. The van der Waals surface area contributed by atoms with Gasteiger partial charge in [0.2, 0.25) is 0 Å². The van der Waals surface area contributed by atoms with Gasteiger partial charge in [0.1, 0.15) is 11.6 Å². The molecule has 0 atom stereocenters. The van der Waals surface area contributed by atoms with E-state index in [1.54, 1.807) is 37.4 Å². The summed E-state index contributed by atoms with van der Waals surface area (Å²) in [5.74, 6) is -0.810. The Morgan fingerprint density at radius 3 is 2.29 bits per heavy atom. The van der Waals surface area contributed by atoms with Crippen LogP contribution in [0.3, 0.4) is 0 Å². The Kier molecular flexibility index (Phi) is 3.49. The summed E-state index contributed by atoms with van der Waals surface area (Å²) in [6.45, 7) is 0.592. The Hall–Kier alpha value is -1.74. The maximum atomic E-state index is 13.8. The zero-order chi connectivity index (χ0) is 12.3. The molecule has 0 aromatic heterocycles. The van der Waals surface area contributed by atoms with Crippen molar-refractivity contribution in [2.24, 2.45) is 0 Å². The Morgan fingerprint density at radius 2 is 1.65 bits per heavy atom. The average molecular weight is 233 g/mol.